The third-order valence-corrected chi connectivity index (χ3v) is 7.37. The summed E-state index contributed by atoms with van der Waals surface area (Å²) in [5.74, 6) is -2.90. The fraction of sp³-hybridized carbons (Fsp3) is 0.375. The molecule has 2 aromatic carbocycles. The van der Waals surface area contributed by atoms with Gasteiger partial charge in [0.2, 0.25) is 12.2 Å². The van der Waals surface area contributed by atoms with E-state index in [0.717, 1.165) is 41.0 Å². The van der Waals surface area contributed by atoms with Gasteiger partial charge in [0.15, 0.2) is 0 Å². The molecule has 0 unspecified atom stereocenters. The minimum absolute atomic E-state index is 0.139. The molecule has 1 aromatic heterocycles. The van der Waals surface area contributed by atoms with Crippen LogP contribution in [0.2, 0.25) is 5.02 Å². The summed E-state index contributed by atoms with van der Waals surface area (Å²) in [6.07, 6.45) is -2.62. The van der Waals surface area contributed by atoms with Crippen molar-refractivity contribution < 1.29 is 28.7 Å². The van der Waals surface area contributed by atoms with Crippen LogP contribution < -0.4 is 5.32 Å². The van der Waals surface area contributed by atoms with Crippen molar-refractivity contribution in [1.29, 1.82) is 0 Å². The van der Waals surface area contributed by atoms with E-state index in [4.69, 9.17) is 21.1 Å². The Morgan fingerprint density at radius 1 is 0.881 bits per heavy atom. The van der Waals surface area contributed by atoms with Crippen molar-refractivity contribution in [2.24, 2.45) is 0 Å². The Balaban J connectivity index is 0.00000148. The van der Waals surface area contributed by atoms with Crippen molar-refractivity contribution in [1.82, 2.24) is 10.2 Å². The molecule has 42 heavy (non-hydrogen) atoms. The molecule has 2 atom stereocenters. The smallest absolute Gasteiger partial charge is 0.303 e. The van der Waals surface area contributed by atoms with Gasteiger partial charge in [0.25, 0.3) is 11.8 Å². The maximum atomic E-state index is 13.4. The highest BCUT2D eigenvalue weighted by molar-refractivity contribution is 7.10. The van der Waals surface area contributed by atoms with E-state index >= 15 is 0 Å². The van der Waals surface area contributed by atoms with Crippen molar-refractivity contribution in [2.45, 2.75) is 79.8 Å². The number of esters is 2. The van der Waals surface area contributed by atoms with Gasteiger partial charge in [0.1, 0.15) is 0 Å². The lowest BCUT2D eigenvalue weighted by atomic mass is 10.1. The van der Waals surface area contributed by atoms with E-state index < -0.39 is 36.0 Å². The van der Waals surface area contributed by atoms with E-state index in [1.807, 2.05) is 87.7 Å². The zero-order chi connectivity index (χ0) is 31.2. The standard InChI is InChI=1S/C28H27ClN2O6S.2C2H6/c1-17(32)36-25(26(37-18(2)33)28(35)31-14-21-8-3-4-9-22(21)15-31)27(34)30-13-23-12-19(16-38-23)11-20-7-5-6-10-24(20)29;2*1-2/h3-10,12,16,25-26H,11,13-15H2,1-2H3,(H,30,34);2*1-2H3/t25-,26-;;/m1../s1. The van der Waals surface area contributed by atoms with Crippen LogP contribution in [-0.4, -0.2) is 40.9 Å². The number of ether oxygens (including phenoxy) is 2. The predicted octanol–water partition coefficient (Wildman–Crippen LogP) is 6.07. The van der Waals surface area contributed by atoms with Gasteiger partial charge < -0.3 is 19.7 Å². The van der Waals surface area contributed by atoms with E-state index in [-0.39, 0.29) is 6.54 Å². The molecule has 1 N–H and O–H groups in total. The molecule has 2 amide bonds. The summed E-state index contributed by atoms with van der Waals surface area (Å²) in [7, 11) is 0. The van der Waals surface area contributed by atoms with Gasteiger partial charge >= 0.3 is 11.9 Å². The van der Waals surface area contributed by atoms with E-state index in [9.17, 15) is 19.2 Å². The average molecular weight is 615 g/mol. The van der Waals surface area contributed by atoms with Gasteiger partial charge in [-0.1, -0.05) is 81.8 Å². The van der Waals surface area contributed by atoms with Crippen molar-refractivity contribution in [3.05, 3.63) is 92.1 Å². The topological polar surface area (TPSA) is 102 Å². The van der Waals surface area contributed by atoms with Crippen molar-refractivity contribution in [3.8, 4) is 0 Å². The number of amides is 2. The molecule has 2 heterocycles. The first kappa shape index (κ1) is 34.5. The van der Waals surface area contributed by atoms with Crippen LogP contribution in [0.25, 0.3) is 0 Å². The Morgan fingerprint density at radius 3 is 2.00 bits per heavy atom. The molecular weight excluding hydrogens is 576 g/mol. The van der Waals surface area contributed by atoms with Crippen LogP contribution in [0, 0.1) is 0 Å². The Labute approximate surface area is 257 Å². The molecule has 0 saturated carbocycles. The lowest BCUT2D eigenvalue weighted by Gasteiger charge is -2.28. The SMILES string of the molecule is CC.CC.CC(=O)O[C@@H](C(=O)NCc1cc(Cc2ccccc2Cl)cs1)[C@@H](OC(C)=O)C(=O)N1Cc2ccccc2C1. The van der Waals surface area contributed by atoms with E-state index in [2.05, 4.69) is 5.32 Å². The Hall–Kier alpha value is -3.69. The maximum absolute atomic E-state index is 13.4. The summed E-state index contributed by atoms with van der Waals surface area (Å²) < 4.78 is 10.5. The largest absolute Gasteiger partial charge is 0.448 e. The number of fused-ring (bicyclic) bond motifs is 1. The molecule has 0 fully saturated rings. The molecule has 0 saturated heterocycles. The molecule has 1 aliphatic rings. The molecule has 0 bridgehead atoms. The Kier molecular flexibility index (Phi) is 14.2. The zero-order valence-corrected chi connectivity index (χ0v) is 26.5. The third kappa shape index (κ3) is 9.70. The molecule has 8 nitrogen and oxygen atoms in total. The van der Waals surface area contributed by atoms with E-state index in [1.54, 1.807) is 0 Å². The molecule has 0 aliphatic carbocycles. The highest BCUT2D eigenvalue weighted by Crippen LogP contribution is 2.25. The molecule has 4 rings (SSSR count). The van der Waals surface area contributed by atoms with Crippen LogP contribution in [-0.2, 0) is 54.7 Å². The second-order valence-electron chi connectivity index (χ2n) is 8.93. The summed E-state index contributed by atoms with van der Waals surface area (Å²) >= 11 is 7.72. The Morgan fingerprint density at radius 2 is 1.43 bits per heavy atom. The van der Waals surface area contributed by atoms with Crippen LogP contribution in [0.15, 0.2) is 60.0 Å². The highest BCUT2D eigenvalue weighted by Gasteiger charge is 2.42. The van der Waals surface area contributed by atoms with Gasteiger partial charge in [-0.15, -0.1) is 11.3 Å². The summed E-state index contributed by atoms with van der Waals surface area (Å²) in [6, 6.07) is 17.1. The normalized spacial score (nSPS) is 12.8. The summed E-state index contributed by atoms with van der Waals surface area (Å²) in [5, 5.41) is 5.37. The number of rotatable bonds is 9. The number of halogens is 1. The molecule has 226 valence electrons. The number of carbonyl (C=O) groups is 4. The van der Waals surface area contributed by atoms with Gasteiger partial charge in [-0.2, -0.15) is 0 Å². The number of nitrogens with one attached hydrogen (secondary N) is 1. The number of thiophene rings is 1. The number of hydrogen-bond donors (Lipinski definition) is 1. The van der Waals surface area contributed by atoms with Crippen molar-refractivity contribution in [2.75, 3.05) is 0 Å². The summed E-state index contributed by atoms with van der Waals surface area (Å²) in [5.41, 5.74) is 3.94. The molecule has 1 aliphatic heterocycles. The minimum atomic E-state index is -1.64. The minimum Gasteiger partial charge on any atom is -0.448 e. The fourth-order valence-corrected chi connectivity index (χ4v) is 5.30. The molecule has 3 aromatic rings. The lowest BCUT2D eigenvalue weighted by molar-refractivity contribution is -0.178. The second kappa shape index (κ2) is 17.3. The quantitative estimate of drug-likeness (QED) is 0.294. The van der Waals surface area contributed by atoms with Crippen molar-refractivity contribution in [3.63, 3.8) is 0 Å². The molecule has 10 heteroatoms. The van der Waals surface area contributed by atoms with Gasteiger partial charge in [0.05, 0.1) is 6.54 Å². The van der Waals surface area contributed by atoms with Crippen LogP contribution in [0.5, 0.6) is 0 Å². The second-order valence-corrected chi connectivity index (χ2v) is 10.3. The first-order valence-corrected chi connectivity index (χ1v) is 15.2. The first-order valence-electron chi connectivity index (χ1n) is 14.0. The predicted molar refractivity (Wildman–Crippen MR) is 165 cm³/mol. The van der Waals surface area contributed by atoms with Gasteiger partial charge in [-0.05, 0) is 46.2 Å². The number of benzene rings is 2. The van der Waals surface area contributed by atoms with Gasteiger partial charge in [0, 0.05) is 36.8 Å². The van der Waals surface area contributed by atoms with Crippen molar-refractivity contribution >= 4 is 46.7 Å². The van der Waals surface area contributed by atoms with Crippen LogP contribution in [0.1, 0.15) is 68.7 Å². The average Bonchev–Trinajstić information content (AvgIpc) is 3.63. The van der Waals surface area contributed by atoms with Crippen LogP contribution >= 0.6 is 22.9 Å². The molecular formula is C32H39ClN2O6S. The number of nitrogens with zero attached hydrogens (tertiary/aromatic N) is 1. The van der Waals surface area contributed by atoms with E-state index in [0.29, 0.717) is 24.5 Å². The Bertz CT molecular complexity index is 1330. The fourth-order valence-electron chi connectivity index (χ4n) is 4.27. The monoisotopic (exact) mass is 614 g/mol. The summed E-state index contributed by atoms with van der Waals surface area (Å²) in [4.78, 5) is 52.7. The van der Waals surface area contributed by atoms with Gasteiger partial charge in [-0.25, -0.2) is 0 Å². The lowest BCUT2D eigenvalue weighted by Crippen LogP contribution is -2.53. The molecule has 0 radical (unpaired) electrons. The third-order valence-electron chi connectivity index (χ3n) is 6.01. The van der Waals surface area contributed by atoms with Crippen LogP contribution in [0.4, 0.5) is 0 Å². The highest BCUT2D eigenvalue weighted by atomic mass is 35.5. The van der Waals surface area contributed by atoms with E-state index in [1.165, 1.54) is 16.2 Å². The zero-order valence-electron chi connectivity index (χ0n) is 24.9. The molecule has 0 spiro atoms. The maximum Gasteiger partial charge on any atom is 0.303 e. The van der Waals surface area contributed by atoms with Gasteiger partial charge in [-0.3, -0.25) is 19.2 Å². The summed E-state index contributed by atoms with van der Waals surface area (Å²) in [6.45, 7) is 11.0. The van der Waals surface area contributed by atoms with Crippen LogP contribution in [0.3, 0.4) is 0 Å². The number of carbonyl (C=O) groups excluding carboxylic acids is 4. The first-order chi connectivity index (χ1) is 20.2. The number of hydrogen-bond acceptors (Lipinski definition) is 7.